The number of nitrogens with zero attached hydrogens (tertiary/aromatic N) is 1. The highest BCUT2D eigenvalue weighted by Gasteiger charge is 2.37. The summed E-state index contributed by atoms with van der Waals surface area (Å²) in [7, 11) is -2.45. The summed E-state index contributed by atoms with van der Waals surface area (Å²) in [5.74, 6) is 1.19. The van der Waals surface area contributed by atoms with Crippen molar-refractivity contribution < 1.29 is 27.4 Å². The lowest BCUT2D eigenvalue weighted by molar-refractivity contribution is -0.127. The molecule has 0 aliphatic carbocycles. The number of carbonyl (C=O) groups is 1. The Morgan fingerprint density at radius 3 is 2.33 bits per heavy atom. The van der Waals surface area contributed by atoms with E-state index < -0.39 is 22.0 Å². The highest BCUT2D eigenvalue weighted by molar-refractivity contribution is 7.92. The molecule has 9 heteroatoms. The third kappa shape index (κ3) is 5.57. The summed E-state index contributed by atoms with van der Waals surface area (Å²) < 4.78 is 45.2. The van der Waals surface area contributed by atoms with Gasteiger partial charge in [-0.15, -0.1) is 0 Å². The Morgan fingerprint density at radius 2 is 1.67 bits per heavy atom. The number of rotatable bonds is 8. The molecule has 0 saturated carbocycles. The molecule has 3 aromatic rings. The molecule has 0 fully saturated rings. The zero-order valence-electron chi connectivity index (χ0n) is 20.8. The molecule has 0 aromatic heterocycles. The van der Waals surface area contributed by atoms with E-state index in [1.165, 1.54) is 23.5 Å². The van der Waals surface area contributed by atoms with E-state index in [4.69, 9.17) is 14.2 Å². The lowest BCUT2D eigenvalue weighted by Gasteiger charge is -2.35. The molecular formula is C27H30N2O6S. The van der Waals surface area contributed by atoms with E-state index in [1.807, 2.05) is 39.0 Å². The molecule has 0 unspecified atom stereocenters. The third-order valence-electron chi connectivity index (χ3n) is 5.79. The molecule has 4 rings (SSSR count). The summed E-state index contributed by atoms with van der Waals surface area (Å²) in [5, 5.41) is 2.79. The minimum absolute atomic E-state index is 0.0960. The number of amides is 1. The highest BCUT2D eigenvalue weighted by Crippen LogP contribution is 2.38. The monoisotopic (exact) mass is 510 g/mol. The summed E-state index contributed by atoms with van der Waals surface area (Å²) in [6.45, 7) is 6.21. The van der Waals surface area contributed by atoms with Gasteiger partial charge in [0.05, 0.1) is 30.8 Å². The zero-order chi connectivity index (χ0) is 25.9. The topological polar surface area (TPSA) is 94.2 Å². The Bertz CT molecular complexity index is 1330. The van der Waals surface area contributed by atoms with Crippen LogP contribution in [-0.2, 0) is 14.8 Å². The van der Waals surface area contributed by atoms with E-state index in [-0.39, 0.29) is 24.6 Å². The Labute approximate surface area is 211 Å². The number of fused-ring (bicyclic) bond motifs is 1. The lowest BCUT2D eigenvalue weighted by Crippen LogP contribution is -2.51. The quantitative estimate of drug-likeness (QED) is 0.464. The molecular weight excluding hydrogens is 480 g/mol. The number of hydrogen-bond donors (Lipinski definition) is 1. The van der Waals surface area contributed by atoms with Gasteiger partial charge in [-0.3, -0.25) is 9.10 Å². The van der Waals surface area contributed by atoms with Gasteiger partial charge >= 0.3 is 0 Å². The van der Waals surface area contributed by atoms with Crippen LogP contribution in [0.1, 0.15) is 16.7 Å². The molecule has 1 heterocycles. The van der Waals surface area contributed by atoms with E-state index in [0.717, 1.165) is 22.4 Å². The number of aryl methyl sites for hydroxylation is 3. The smallest absolute Gasteiger partial charge is 0.264 e. The van der Waals surface area contributed by atoms with E-state index >= 15 is 0 Å². The van der Waals surface area contributed by atoms with Crippen molar-refractivity contribution in [1.82, 2.24) is 5.32 Å². The molecule has 0 radical (unpaired) electrons. The van der Waals surface area contributed by atoms with Crippen molar-refractivity contribution in [3.63, 3.8) is 0 Å². The summed E-state index contributed by atoms with van der Waals surface area (Å²) in [5.41, 5.74) is 3.46. The average molecular weight is 511 g/mol. The van der Waals surface area contributed by atoms with Gasteiger partial charge in [-0.05, 0) is 86.0 Å². The number of carbonyl (C=O) groups excluding carboxylic acids is 1. The SMILES string of the molecule is COc1ccc(S(=O)(=O)N2C[C@@H](C(=O)NCCOc3cc(C)cc(C)c3)Oc3ccc(C)cc32)cc1. The van der Waals surface area contributed by atoms with Gasteiger partial charge < -0.3 is 19.5 Å². The van der Waals surface area contributed by atoms with Crippen molar-refractivity contribution in [2.75, 3.05) is 31.1 Å². The molecule has 1 N–H and O–H groups in total. The van der Waals surface area contributed by atoms with Crippen LogP contribution in [0.4, 0.5) is 5.69 Å². The molecule has 36 heavy (non-hydrogen) atoms. The second-order valence-electron chi connectivity index (χ2n) is 8.75. The number of hydrogen-bond acceptors (Lipinski definition) is 6. The molecule has 8 nitrogen and oxygen atoms in total. The Morgan fingerprint density at radius 1 is 0.972 bits per heavy atom. The third-order valence-corrected chi connectivity index (χ3v) is 7.58. The van der Waals surface area contributed by atoms with Crippen molar-refractivity contribution in [3.05, 3.63) is 77.4 Å². The normalized spacial score (nSPS) is 15.0. The zero-order valence-corrected chi connectivity index (χ0v) is 21.6. The maximum absolute atomic E-state index is 13.6. The van der Waals surface area contributed by atoms with Crippen molar-refractivity contribution in [2.45, 2.75) is 31.8 Å². The van der Waals surface area contributed by atoms with Crippen LogP contribution in [0.15, 0.2) is 65.6 Å². The summed E-state index contributed by atoms with van der Waals surface area (Å²) in [6, 6.07) is 17.3. The van der Waals surface area contributed by atoms with Crippen LogP contribution >= 0.6 is 0 Å². The van der Waals surface area contributed by atoms with Crippen LogP contribution in [-0.4, -0.2) is 47.2 Å². The largest absolute Gasteiger partial charge is 0.497 e. The minimum atomic E-state index is -3.96. The number of anilines is 1. The highest BCUT2D eigenvalue weighted by atomic mass is 32.2. The second-order valence-corrected chi connectivity index (χ2v) is 10.6. The minimum Gasteiger partial charge on any atom is -0.497 e. The van der Waals surface area contributed by atoms with E-state index in [9.17, 15) is 13.2 Å². The molecule has 0 spiro atoms. The molecule has 0 bridgehead atoms. The van der Waals surface area contributed by atoms with Gasteiger partial charge in [-0.2, -0.15) is 0 Å². The number of methoxy groups -OCH3 is 1. The number of ether oxygens (including phenoxy) is 3. The van der Waals surface area contributed by atoms with Gasteiger partial charge in [0.2, 0.25) is 0 Å². The maximum Gasteiger partial charge on any atom is 0.264 e. The first-order valence-electron chi connectivity index (χ1n) is 11.6. The predicted octanol–water partition coefficient (Wildman–Crippen LogP) is 3.77. The average Bonchev–Trinajstić information content (AvgIpc) is 2.85. The van der Waals surface area contributed by atoms with Crippen LogP contribution in [0, 0.1) is 20.8 Å². The standard InChI is InChI=1S/C27H30N2O6S/c1-18-5-10-25-24(16-18)29(36(31,32)23-8-6-21(33-4)7-9-23)17-26(35-25)27(30)28-11-12-34-22-14-19(2)13-20(3)15-22/h5-10,13-16,26H,11-12,17H2,1-4H3,(H,28,30)/t26-/m0/s1. The first-order chi connectivity index (χ1) is 17.2. The summed E-state index contributed by atoms with van der Waals surface area (Å²) >= 11 is 0. The molecule has 1 aliphatic heterocycles. The maximum atomic E-state index is 13.6. The fourth-order valence-electron chi connectivity index (χ4n) is 4.07. The second kappa shape index (κ2) is 10.5. The number of benzene rings is 3. The van der Waals surface area contributed by atoms with Gasteiger partial charge in [-0.25, -0.2) is 8.42 Å². The van der Waals surface area contributed by atoms with Crippen molar-refractivity contribution in [3.8, 4) is 17.2 Å². The van der Waals surface area contributed by atoms with Crippen molar-refractivity contribution >= 4 is 21.6 Å². The fraction of sp³-hybridized carbons (Fsp3) is 0.296. The summed E-state index contributed by atoms with van der Waals surface area (Å²) in [4.78, 5) is 13.1. The van der Waals surface area contributed by atoms with Crippen molar-refractivity contribution in [2.24, 2.45) is 0 Å². The molecule has 1 atom stereocenters. The van der Waals surface area contributed by atoms with Crippen LogP contribution in [0.2, 0.25) is 0 Å². The lowest BCUT2D eigenvalue weighted by atomic mass is 10.1. The van der Waals surface area contributed by atoms with Crippen LogP contribution in [0.25, 0.3) is 0 Å². The van der Waals surface area contributed by atoms with Crippen LogP contribution in [0.3, 0.4) is 0 Å². The van der Waals surface area contributed by atoms with Gasteiger partial charge in [0, 0.05) is 0 Å². The fourth-order valence-corrected chi connectivity index (χ4v) is 5.54. The Kier molecular flexibility index (Phi) is 7.40. The van der Waals surface area contributed by atoms with Gasteiger partial charge in [-0.1, -0.05) is 12.1 Å². The number of sulfonamides is 1. The van der Waals surface area contributed by atoms with Gasteiger partial charge in [0.15, 0.2) is 6.10 Å². The molecule has 1 amide bonds. The van der Waals surface area contributed by atoms with Crippen LogP contribution in [0.5, 0.6) is 17.2 Å². The summed E-state index contributed by atoms with van der Waals surface area (Å²) in [6.07, 6.45) is -1.02. The first-order valence-corrected chi connectivity index (χ1v) is 13.0. The van der Waals surface area contributed by atoms with Crippen molar-refractivity contribution in [1.29, 1.82) is 0 Å². The molecule has 0 saturated heterocycles. The Hall–Kier alpha value is -3.72. The molecule has 3 aromatic carbocycles. The predicted molar refractivity (Wildman–Crippen MR) is 138 cm³/mol. The van der Waals surface area contributed by atoms with E-state index in [0.29, 0.717) is 17.2 Å². The molecule has 190 valence electrons. The molecule has 1 aliphatic rings. The number of nitrogens with one attached hydrogen (secondary N) is 1. The van der Waals surface area contributed by atoms with E-state index in [2.05, 4.69) is 11.4 Å². The Balaban J connectivity index is 1.49. The first kappa shape index (κ1) is 25.4. The van der Waals surface area contributed by atoms with Crippen LogP contribution < -0.4 is 23.8 Å². The van der Waals surface area contributed by atoms with Gasteiger partial charge in [0.1, 0.15) is 23.9 Å². The van der Waals surface area contributed by atoms with E-state index in [1.54, 1.807) is 24.3 Å². The van der Waals surface area contributed by atoms with Gasteiger partial charge in [0.25, 0.3) is 15.9 Å².